The van der Waals surface area contributed by atoms with Crippen molar-refractivity contribution in [2.75, 3.05) is 50.6 Å². The highest BCUT2D eigenvalue weighted by Gasteiger charge is 2.18. The molecular weight excluding hydrogens is 314 g/mol. The van der Waals surface area contributed by atoms with E-state index in [-0.39, 0.29) is 5.91 Å². The number of nitrogens with one attached hydrogen (secondary N) is 1. The van der Waals surface area contributed by atoms with Crippen LogP contribution < -0.4 is 15.0 Å². The van der Waals surface area contributed by atoms with Gasteiger partial charge >= 0.3 is 0 Å². The number of piperazine rings is 1. The van der Waals surface area contributed by atoms with Crippen LogP contribution in [0.2, 0.25) is 0 Å². The van der Waals surface area contributed by atoms with Crippen molar-refractivity contribution in [2.45, 2.75) is 6.92 Å². The number of anilines is 2. The highest BCUT2D eigenvalue weighted by Crippen LogP contribution is 2.27. The van der Waals surface area contributed by atoms with Gasteiger partial charge in [0.1, 0.15) is 5.75 Å². The molecule has 0 radical (unpaired) electrons. The van der Waals surface area contributed by atoms with E-state index in [1.165, 1.54) is 0 Å². The molecule has 1 N–H and O–H groups in total. The minimum absolute atomic E-state index is 0.125. The Morgan fingerprint density at radius 2 is 1.80 bits per heavy atom. The number of likely N-dealkylation sites (N-methyl/N-ethyl adjacent to an activating group) is 1. The molecule has 2 aromatic carbocycles. The average molecular weight is 339 g/mol. The lowest BCUT2D eigenvalue weighted by Crippen LogP contribution is -2.44. The Bertz CT molecular complexity index is 752. The maximum Gasteiger partial charge on any atom is 0.255 e. The lowest BCUT2D eigenvalue weighted by molar-refractivity contribution is 0.102. The second kappa shape index (κ2) is 7.57. The zero-order chi connectivity index (χ0) is 17.8. The predicted octanol–water partition coefficient (Wildman–Crippen LogP) is 3.01. The summed E-state index contributed by atoms with van der Waals surface area (Å²) in [6.07, 6.45) is 0. The molecule has 132 valence electrons. The number of aryl methyl sites for hydroxylation is 1. The first-order valence-electron chi connectivity index (χ1n) is 8.57. The van der Waals surface area contributed by atoms with E-state index in [1.807, 2.05) is 37.3 Å². The van der Waals surface area contributed by atoms with E-state index in [2.05, 4.69) is 28.2 Å². The van der Waals surface area contributed by atoms with Crippen LogP contribution in [0.5, 0.6) is 5.75 Å². The van der Waals surface area contributed by atoms with Crippen molar-refractivity contribution in [1.29, 1.82) is 0 Å². The minimum atomic E-state index is -0.125. The van der Waals surface area contributed by atoms with Crippen molar-refractivity contribution in [2.24, 2.45) is 0 Å². The molecule has 1 amide bonds. The van der Waals surface area contributed by atoms with Crippen molar-refractivity contribution in [3.05, 3.63) is 53.6 Å². The largest absolute Gasteiger partial charge is 0.496 e. The second-order valence-corrected chi connectivity index (χ2v) is 6.45. The first-order chi connectivity index (χ1) is 12.1. The molecule has 1 aliphatic heterocycles. The number of rotatable bonds is 4. The van der Waals surface area contributed by atoms with Crippen molar-refractivity contribution >= 4 is 17.3 Å². The van der Waals surface area contributed by atoms with Gasteiger partial charge in [-0.1, -0.05) is 18.2 Å². The fourth-order valence-corrected chi connectivity index (χ4v) is 3.06. The molecule has 0 aromatic heterocycles. The third-order valence-corrected chi connectivity index (χ3v) is 4.67. The summed E-state index contributed by atoms with van der Waals surface area (Å²) < 4.78 is 5.32. The molecule has 0 unspecified atom stereocenters. The van der Waals surface area contributed by atoms with Gasteiger partial charge in [-0.15, -0.1) is 0 Å². The zero-order valence-electron chi connectivity index (χ0n) is 15.1. The standard InChI is InChI=1S/C20H25N3O2/c1-15-8-9-16(14-19(15)25-3)20(24)21-17-6-4-5-7-18(17)23-12-10-22(2)11-13-23/h4-9,14H,10-13H2,1-3H3,(H,21,24). The van der Waals surface area contributed by atoms with Crippen LogP contribution in [0, 0.1) is 6.92 Å². The van der Waals surface area contributed by atoms with E-state index in [0.29, 0.717) is 5.56 Å². The topological polar surface area (TPSA) is 44.8 Å². The molecule has 2 aromatic rings. The van der Waals surface area contributed by atoms with Gasteiger partial charge < -0.3 is 19.9 Å². The number of carbonyl (C=O) groups is 1. The molecule has 1 aliphatic rings. The Labute approximate surface area is 149 Å². The molecule has 1 fully saturated rings. The molecule has 0 aliphatic carbocycles. The van der Waals surface area contributed by atoms with Crippen LogP contribution in [0.4, 0.5) is 11.4 Å². The number of carbonyl (C=O) groups excluding carboxylic acids is 1. The Balaban J connectivity index is 1.80. The van der Waals surface area contributed by atoms with Crippen LogP contribution >= 0.6 is 0 Å². The Kier molecular flexibility index (Phi) is 5.24. The summed E-state index contributed by atoms with van der Waals surface area (Å²) in [6.45, 7) is 5.93. The van der Waals surface area contributed by atoms with Gasteiger partial charge in [0.25, 0.3) is 5.91 Å². The van der Waals surface area contributed by atoms with E-state index in [4.69, 9.17) is 4.74 Å². The number of benzene rings is 2. The van der Waals surface area contributed by atoms with Crippen molar-refractivity contribution in [3.63, 3.8) is 0 Å². The van der Waals surface area contributed by atoms with E-state index >= 15 is 0 Å². The summed E-state index contributed by atoms with van der Waals surface area (Å²) in [5.74, 6) is 0.597. The Morgan fingerprint density at radius 1 is 1.08 bits per heavy atom. The van der Waals surface area contributed by atoms with Crippen LogP contribution in [0.1, 0.15) is 15.9 Å². The van der Waals surface area contributed by atoms with E-state index in [1.54, 1.807) is 13.2 Å². The molecule has 0 spiro atoms. The average Bonchev–Trinajstić information content (AvgIpc) is 2.63. The van der Waals surface area contributed by atoms with Crippen molar-refractivity contribution in [3.8, 4) is 5.75 Å². The van der Waals surface area contributed by atoms with Gasteiger partial charge in [-0.05, 0) is 43.8 Å². The molecule has 0 saturated carbocycles. The molecule has 1 heterocycles. The summed E-state index contributed by atoms with van der Waals surface area (Å²) in [6, 6.07) is 13.5. The lowest BCUT2D eigenvalue weighted by atomic mass is 10.1. The van der Waals surface area contributed by atoms with Gasteiger partial charge in [-0.3, -0.25) is 4.79 Å². The summed E-state index contributed by atoms with van der Waals surface area (Å²) in [5.41, 5.74) is 3.52. The SMILES string of the molecule is COc1cc(C(=O)Nc2ccccc2N2CCN(C)CC2)ccc1C. The lowest BCUT2D eigenvalue weighted by Gasteiger charge is -2.35. The van der Waals surface area contributed by atoms with E-state index < -0.39 is 0 Å². The first kappa shape index (κ1) is 17.3. The quantitative estimate of drug-likeness (QED) is 0.930. The van der Waals surface area contributed by atoms with Gasteiger partial charge in [0.2, 0.25) is 0 Å². The van der Waals surface area contributed by atoms with Gasteiger partial charge in [-0.25, -0.2) is 0 Å². The maximum absolute atomic E-state index is 12.7. The number of hydrogen-bond donors (Lipinski definition) is 1. The van der Waals surface area contributed by atoms with Gasteiger partial charge in [0.15, 0.2) is 0 Å². The first-order valence-corrected chi connectivity index (χ1v) is 8.57. The highest BCUT2D eigenvalue weighted by molar-refractivity contribution is 6.06. The van der Waals surface area contributed by atoms with Gasteiger partial charge in [0, 0.05) is 31.7 Å². The van der Waals surface area contributed by atoms with Gasteiger partial charge in [0.05, 0.1) is 18.5 Å². The fourth-order valence-electron chi connectivity index (χ4n) is 3.06. The van der Waals surface area contributed by atoms with Crippen LogP contribution in [0.25, 0.3) is 0 Å². The number of nitrogens with zero attached hydrogens (tertiary/aromatic N) is 2. The highest BCUT2D eigenvalue weighted by atomic mass is 16.5. The van der Waals surface area contributed by atoms with E-state index in [9.17, 15) is 4.79 Å². The summed E-state index contributed by atoms with van der Waals surface area (Å²) in [5, 5.41) is 3.06. The van der Waals surface area contributed by atoms with Crippen LogP contribution in [-0.4, -0.2) is 51.1 Å². The molecule has 5 heteroatoms. The molecule has 1 saturated heterocycles. The number of para-hydroxylation sites is 2. The monoisotopic (exact) mass is 339 g/mol. The third kappa shape index (κ3) is 3.94. The van der Waals surface area contributed by atoms with Gasteiger partial charge in [-0.2, -0.15) is 0 Å². The minimum Gasteiger partial charge on any atom is -0.496 e. The second-order valence-electron chi connectivity index (χ2n) is 6.45. The molecule has 3 rings (SSSR count). The number of ether oxygens (including phenoxy) is 1. The predicted molar refractivity (Wildman–Crippen MR) is 102 cm³/mol. The maximum atomic E-state index is 12.7. The number of methoxy groups -OCH3 is 1. The molecule has 25 heavy (non-hydrogen) atoms. The number of hydrogen-bond acceptors (Lipinski definition) is 4. The van der Waals surface area contributed by atoms with Crippen molar-refractivity contribution < 1.29 is 9.53 Å². The summed E-state index contributed by atoms with van der Waals surface area (Å²) in [7, 11) is 3.75. The normalized spacial score (nSPS) is 15.1. The number of amides is 1. The van der Waals surface area contributed by atoms with E-state index in [0.717, 1.165) is 48.9 Å². The Hall–Kier alpha value is -2.53. The van der Waals surface area contributed by atoms with Crippen LogP contribution in [0.3, 0.4) is 0 Å². The van der Waals surface area contributed by atoms with Crippen LogP contribution in [-0.2, 0) is 0 Å². The molecule has 0 bridgehead atoms. The Morgan fingerprint density at radius 3 is 2.52 bits per heavy atom. The third-order valence-electron chi connectivity index (χ3n) is 4.67. The van der Waals surface area contributed by atoms with Crippen molar-refractivity contribution in [1.82, 2.24) is 4.90 Å². The molecule has 5 nitrogen and oxygen atoms in total. The summed E-state index contributed by atoms with van der Waals surface area (Å²) >= 11 is 0. The summed E-state index contributed by atoms with van der Waals surface area (Å²) in [4.78, 5) is 17.3. The molecule has 0 atom stereocenters. The smallest absolute Gasteiger partial charge is 0.255 e. The zero-order valence-corrected chi connectivity index (χ0v) is 15.1. The molecular formula is C20H25N3O2. The van der Waals surface area contributed by atoms with Crippen LogP contribution in [0.15, 0.2) is 42.5 Å². The fraction of sp³-hybridized carbons (Fsp3) is 0.350.